The van der Waals surface area contributed by atoms with Crippen LogP contribution >= 0.6 is 34.5 Å². The zero-order valence-corrected chi connectivity index (χ0v) is 15.5. The molecule has 0 aliphatic rings. The second-order valence-corrected chi connectivity index (χ2v) is 7.09. The molecular weight excluding hydrogens is 377 g/mol. The SMILES string of the molecule is O=C(Cc1csc(Nc2cccc(Cl)c2)n1)NCc1ccc(Cl)cc1. The third-order valence-corrected chi connectivity index (χ3v) is 4.67. The van der Waals surface area contributed by atoms with E-state index in [1.54, 1.807) is 12.1 Å². The van der Waals surface area contributed by atoms with Crippen molar-refractivity contribution < 1.29 is 4.79 Å². The van der Waals surface area contributed by atoms with Gasteiger partial charge in [-0.15, -0.1) is 11.3 Å². The molecule has 0 saturated heterocycles. The Bertz CT molecular complexity index is 865. The first-order valence-corrected chi connectivity index (χ1v) is 9.20. The fourth-order valence-electron chi connectivity index (χ4n) is 2.17. The summed E-state index contributed by atoms with van der Waals surface area (Å²) in [4.78, 5) is 16.5. The van der Waals surface area contributed by atoms with E-state index in [1.165, 1.54) is 11.3 Å². The van der Waals surface area contributed by atoms with Gasteiger partial charge in [-0.2, -0.15) is 0 Å². The van der Waals surface area contributed by atoms with Crippen LogP contribution in [-0.2, 0) is 17.8 Å². The van der Waals surface area contributed by atoms with Crippen LogP contribution in [0.15, 0.2) is 53.9 Å². The van der Waals surface area contributed by atoms with Crippen molar-refractivity contribution in [2.45, 2.75) is 13.0 Å². The lowest BCUT2D eigenvalue weighted by Crippen LogP contribution is -2.24. The number of nitrogens with zero attached hydrogens (tertiary/aromatic N) is 1. The third-order valence-electron chi connectivity index (χ3n) is 3.37. The highest BCUT2D eigenvalue weighted by atomic mass is 35.5. The molecular formula is C18H15Cl2N3OS. The Morgan fingerprint density at radius 1 is 1.08 bits per heavy atom. The summed E-state index contributed by atoms with van der Waals surface area (Å²) in [5.41, 5.74) is 2.59. The molecule has 1 heterocycles. The number of hydrogen-bond acceptors (Lipinski definition) is 4. The maximum absolute atomic E-state index is 12.1. The van der Waals surface area contributed by atoms with E-state index in [-0.39, 0.29) is 12.3 Å². The van der Waals surface area contributed by atoms with Crippen LogP contribution < -0.4 is 10.6 Å². The van der Waals surface area contributed by atoms with Gasteiger partial charge in [-0.05, 0) is 35.9 Å². The van der Waals surface area contributed by atoms with Crippen molar-refractivity contribution in [1.82, 2.24) is 10.3 Å². The molecule has 0 aliphatic carbocycles. The van der Waals surface area contributed by atoms with Crippen molar-refractivity contribution >= 4 is 51.3 Å². The molecule has 0 spiro atoms. The number of rotatable bonds is 6. The third kappa shape index (κ3) is 5.46. The fourth-order valence-corrected chi connectivity index (χ4v) is 3.21. The van der Waals surface area contributed by atoms with E-state index in [1.807, 2.05) is 41.8 Å². The Kier molecular flexibility index (Phi) is 5.91. The van der Waals surface area contributed by atoms with E-state index in [9.17, 15) is 4.79 Å². The van der Waals surface area contributed by atoms with Crippen LogP contribution in [0.4, 0.5) is 10.8 Å². The first-order chi connectivity index (χ1) is 12.1. The van der Waals surface area contributed by atoms with E-state index in [4.69, 9.17) is 23.2 Å². The summed E-state index contributed by atoms with van der Waals surface area (Å²) in [5.74, 6) is -0.0745. The van der Waals surface area contributed by atoms with Gasteiger partial charge in [0.15, 0.2) is 5.13 Å². The number of carbonyl (C=O) groups is 1. The van der Waals surface area contributed by atoms with Crippen molar-refractivity contribution in [3.8, 4) is 0 Å². The second-order valence-electron chi connectivity index (χ2n) is 5.36. The first-order valence-electron chi connectivity index (χ1n) is 7.56. The molecule has 1 aromatic heterocycles. The summed E-state index contributed by atoms with van der Waals surface area (Å²) in [5, 5.41) is 9.99. The Balaban J connectivity index is 1.52. The van der Waals surface area contributed by atoms with Crippen molar-refractivity contribution in [3.05, 3.63) is 75.2 Å². The number of benzene rings is 2. The number of amides is 1. The van der Waals surface area contributed by atoms with E-state index in [0.717, 1.165) is 22.1 Å². The Hall–Kier alpha value is -2.08. The minimum atomic E-state index is -0.0745. The molecule has 0 fully saturated rings. The Morgan fingerprint density at radius 3 is 2.64 bits per heavy atom. The van der Waals surface area contributed by atoms with Crippen LogP contribution in [0.2, 0.25) is 10.0 Å². The highest BCUT2D eigenvalue weighted by Crippen LogP contribution is 2.23. The van der Waals surface area contributed by atoms with Gasteiger partial charge in [0, 0.05) is 27.7 Å². The predicted octanol–water partition coefficient (Wildman–Crippen LogP) is 5.05. The molecule has 25 heavy (non-hydrogen) atoms. The normalized spacial score (nSPS) is 10.5. The van der Waals surface area contributed by atoms with Gasteiger partial charge >= 0.3 is 0 Å². The first kappa shape index (κ1) is 17.7. The van der Waals surface area contributed by atoms with E-state index in [2.05, 4.69) is 15.6 Å². The topological polar surface area (TPSA) is 54.0 Å². The maximum Gasteiger partial charge on any atom is 0.226 e. The standard InChI is InChI=1S/C18H15Cl2N3OS/c19-13-6-4-12(5-7-13)10-21-17(24)9-16-11-25-18(23-16)22-15-3-1-2-14(20)8-15/h1-8,11H,9-10H2,(H,21,24)(H,22,23). The minimum absolute atomic E-state index is 0.0745. The van der Waals surface area contributed by atoms with Crippen LogP contribution in [-0.4, -0.2) is 10.9 Å². The highest BCUT2D eigenvalue weighted by Gasteiger charge is 2.08. The Morgan fingerprint density at radius 2 is 1.88 bits per heavy atom. The van der Waals surface area contributed by atoms with Gasteiger partial charge in [0.2, 0.25) is 5.91 Å². The molecule has 128 valence electrons. The zero-order valence-electron chi connectivity index (χ0n) is 13.1. The number of anilines is 2. The average molecular weight is 392 g/mol. The molecule has 0 saturated carbocycles. The van der Waals surface area contributed by atoms with Crippen LogP contribution in [0, 0.1) is 0 Å². The molecule has 1 amide bonds. The summed E-state index contributed by atoms with van der Waals surface area (Å²) in [6.07, 6.45) is 0.237. The van der Waals surface area contributed by atoms with Gasteiger partial charge in [-0.3, -0.25) is 4.79 Å². The highest BCUT2D eigenvalue weighted by molar-refractivity contribution is 7.13. The number of aromatic nitrogens is 1. The molecule has 0 aliphatic heterocycles. The quantitative estimate of drug-likeness (QED) is 0.617. The number of nitrogens with one attached hydrogen (secondary N) is 2. The van der Waals surface area contributed by atoms with Crippen LogP contribution in [0.25, 0.3) is 0 Å². The second kappa shape index (κ2) is 8.34. The monoisotopic (exact) mass is 391 g/mol. The lowest BCUT2D eigenvalue weighted by Gasteiger charge is -2.04. The summed E-state index contributed by atoms with van der Waals surface area (Å²) >= 11 is 13.3. The molecule has 0 radical (unpaired) electrons. The van der Waals surface area contributed by atoms with E-state index < -0.39 is 0 Å². The Labute approximate surface area is 159 Å². The largest absolute Gasteiger partial charge is 0.352 e. The fraction of sp³-hybridized carbons (Fsp3) is 0.111. The van der Waals surface area contributed by atoms with Gasteiger partial charge in [0.25, 0.3) is 0 Å². The van der Waals surface area contributed by atoms with E-state index in [0.29, 0.717) is 16.6 Å². The molecule has 4 nitrogen and oxygen atoms in total. The van der Waals surface area contributed by atoms with Crippen LogP contribution in [0.3, 0.4) is 0 Å². The van der Waals surface area contributed by atoms with Gasteiger partial charge < -0.3 is 10.6 Å². The zero-order chi connectivity index (χ0) is 17.6. The van der Waals surface area contributed by atoms with Gasteiger partial charge in [-0.1, -0.05) is 41.4 Å². The van der Waals surface area contributed by atoms with Crippen molar-refractivity contribution in [2.24, 2.45) is 0 Å². The van der Waals surface area contributed by atoms with Crippen molar-refractivity contribution in [2.75, 3.05) is 5.32 Å². The molecule has 3 rings (SSSR count). The van der Waals surface area contributed by atoms with Crippen molar-refractivity contribution in [1.29, 1.82) is 0 Å². The number of thiazole rings is 1. The van der Waals surface area contributed by atoms with Gasteiger partial charge in [0.05, 0.1) is 12.1 Å². The lowest BCUT2D eigenvalue weighted by atomic mass is 10.2. The summed E-state index contributed by atoms with van der Waals surface area (Å²) < 4.78 is 0. The molecule has 2 N–H and O–H groups in total. The molecule has 0 unspecified atom stereocenters. The van der Waals surface area contributed by atoms with Gasteiger partial charge in [-0.25, -0.2) is 4.98 Å². The molecule has 0 bridgehead atoms. The van der Waals surface area contributed by atoms with Crippen molar-refractivity contribution in [3.63, 3.8) is 0 Å². The average Bonchev–Trinajstić information content (AvgIpc) is 3.01. The minimum Gasteiger partial charge on any atom is -0.352 e. The summed E-state index contributed by atoms with van der Waals surface area (Å²) in [7, 11) is 0. The van der Waals surface area contributed by atoms with Crippen LogP contribution in [0.5, 0.6) is 0 Å². The number of hydrogen-bond donors (Lipinski definition) is 2. The molecule has 7 heteroatoms. The maximum atomic E-state index is 12.1. The lowest BCUT2D eigenvalue weighted by molar-refractivity contribution is -0.120. The summed E-state index contributed by atoms with van der Waals surface area (Å²) in [6.45, 7) is 0.466. The van der Waals surface area contributed by atoms with Crippen LogP contribution in [0.1, 0.15) is 11.3 Å². The predicted molar refractivity (Wildman–Crippen MR) is 104 cm³/mol. The number of carbonyl (C=O) groups excluding carboxylic acids is 1. The van der Waals surface area contributed by atoms with E-state index >= 15 is 0 Å². The van der Waals surface area contributed by atoms with Gasteiger partial charge in [0.1, 0.15) is 0 Å². The molecule has 2 aromatic carbocycles. The molecule has 0 atom stereocenters. The summed E-state index contributed by atoms with van der Waals surface area (Å²) in [6, 6.07) is 14.8. The molecule has 3 aromatic rings. The smallest absolute Gasteiger partial charge is 0.226 e. The number of halogens is 2.